The van der Waals surface area contributed by atoms with Crippen molar-refractivity contribution in [2.45, 2.75) is 64.3 Å². The molecule has 0 amide bonds. The zero-order valence-corrected chi connectivity index (χ0v) is 12.3. The van der Waals surface area contributed by atoms with Crippen molar-refractivity contribution in [2.24, 2.45) is 0 Å². The van der Waals surface area contributed by atoms with Gasteiger partial charge in [-0.05, 0) is 26.1 Å². The molecule has 0 saturated heterocycles. The molecule has 1 nitrogen and oxygen atoms in total. The third-order valence-electron chi connectivity index (χ3n) is 2.49. The van der Waals surface area contributed by atoms with E-state index in [2.05, 4.69) is 39.1 Å². The van der Waals surface area contributed by atoms with Crippen molar-refractivity contribution in [1.82, 2.24) is 0 Å². The SMILES string of the molecule is C#CCC(C=C)(CCCCC)O[Si](C)(C)C. The number of terminal acetylenes is 1. The maximum absolute atomic E-state index is 6.24. The Morgan fingerprint density at radius 1 is 1.38 bits per heavy atom. The summed E-state index contributed by atoms with van der Waals surface area (Å²) >= 11 is 0. The highest BCUT2D eigenvalue weighted by Crippen LogP contribution is 2.28. The van der Waals surface area contributed by atoms with Crippen LogP contribution in [0.15, 0.2) is 12.7 Å². The van der Waals surface area contributed by atoms with Crippen LogP contribution in [0, 0.1) is 12.3 Å². The molecule has 0 aliphatic carbocycles. The first-order valence-electron chi connectivity index (χ1n) is 6.16. The maximum atomic E-state index is 6.24. The highest BCUT2D eigenvalue weighted by Gasteiger charge is 2.32. The summed E-state index contributed by atoms with van der Waals surface area (Å²) in [5.41, 5.74) is -0.283. The molecule has 0 bridgehead atoms. The molecule has 1 atom stereocenters. The lowest BCUT2D eigenvalue weighted by Gasteiger charge is -2.36. The molecule has 0 radical (unpaired) electrons. The highest BCUT2D eigenvalue weighted by atomic mass is 28.4. The van der Waals surface area contributed by atoms with Crippen LogP contribution in [0.4, 0.5) is 0 Å². The van der Waals surface area contributed by atoms with E-state index in [0.717, 1.165) is 12.8 Å². The van der Waals surface area contributed by atoms with Gasteiger partial charge in [-0.15, -0.1) is 18.9 Å². The normalized spacial score (nSPS) is 15.2. The molecule has 0 aromatic rings. The van der Waals surface area contributed by atoms with Crippen LogP contribution in [-0.4, -0.2) is 13.9 Å². The fourth-order valence-electron chi connectivity index (χ4n) is 1.85. The first kappa shape index (κ1) is 15.5. The van der Waals surface area contributed by atoms with E-state index in [1.165, 1.54) is 12.8 Å². The van der Waals surface area contributed by atoms with Gasteiger partial charge in [0, 0.05) is 6.42 Å². The molecule has 0 aliphatic rings. The first-order valence-corrected chi connectivity index (χ1v) is 9.57. The monoisotopic (exact) mass is 238 g/mol. The van der Waals surface area contributed by atoms with Gasteiger partial charge in [-0.3, -0.25) is 0 Å². The molecule has 0 saturated carbocycles. The van der Waals surface area contributed by atoms with Crippen molar-refractivity contribution in [2.75, 3.05) is 0 Å². The second-order valence-corrected chi connectivity index (χ2v) is 9.75. The zero-order valence-electron chi connectivity index (χ0n) is 11.3. The van der Waals surface area contributed by atoms with E-state index >= 15 is 0 Å². The number of hydrogen-bond acceptors (Lipinski definition) is 1. The van der Waals surface area contributed by atoms with E-state index in [1.54, 1.807) is 0 Å². The van der Waals surface area contributed by atoms with Gasteiger partial charge in [0.1, 0.15) is 0 Å². The second-order valence-electron chi connectivity index (χ2n) is 5.32. The zero-order chi connectivity index (χ0) is 12.7. The van der Waals surface area contributed by atoms with Crippen molar-refractivity contribution in [1.29, 1.82) is 0 Å². The Kier molecular flexibility index (Phi) is 6.70. The van der Waals surface area contributed by atoms with E-state index in [0.29, 0.717) is 6.42 Å². The Bertz CT molecular complexity index is 246. The molecule has 0 aliphatic heterocycles. The van der Waals surface area contributed by atoms with Gasteiger partial charge in [0.25, 0.3) is 0 Å². The van der Waals surface area contributed by atoms with E-state index in [4.69, 9.17) is 10.8 Å². The minimum Gasteiger partial charge on any atom is -0.408 e. The van der Waals surface area contributed by atoms with Crippen molar-refractivity contribution in [3.63, 3.8) is 0 Å². The lowest BCUT2D eigenvalue weighted by molar-refractivity contribution is 0.104. The van der Waals surface area contributed by atoms with Crippen molar-refractivity contribution in [3.05, 3.63) is 12.7 Å². The van der Waals surface area contributed by atoms with E-state index in [-0.39, 0.29) is 5.60 Å². The molecule has 0 heterocycles. The summed E-state index contributed by atoms with van der Waals surface area (Å²) in [7, 11) is -1.58. The molecule has 1 unspecified atom stereocenters. The Hall–Kier alpha value is -0.523. The molecule has 0 N–H and O–H groups in total. The average molecular weight is 238 g/mol. The number of rotatable bonds is 8. The van der Waals surface area contributed by atoms with Gasteiger partial charge in [0.2, 0.25) is 0 Å². The Balaban J connectivity index is 4.59. The summed E-state index contributed by atoms with van der Waals surface area (Å²) in [4.78, 5) is 0. The first-order chi connectivity index (χ1) is 7.39. The number of unbranched alkanes of at least 4 members (excludes halogenated alkanes) is 2. The maximum Gasteiger partial charge on any atom is 0.184 e. The molecule has 16 heavy (non-hydrogen) atoms. The van der Waals surface area contributed by atoms with Crippen LogP contribution in [0.3, 0.4) is 0 Å². The second kappa shape index (κ2) is 6.93. The van der Waals surface area contributed by atoms with Crippen LogP contribution >= 0.6 is 0 Å². The Morgan fingerprint density at radius 2 is 2.00 bits per heavy atom. The lowest BCUT2D eigenvalue weighted by atomic mass is 9.93. The van der Waals surface area contributed by atoms with Crippen molar-refractivity contribution >= 4 is 8.32 Å². The predicted molar refractivity (Wildman–Crippen MR) is 75.0 cm³/mol. The fraction of sp³-hybridized carbons (Fsp3) is 0.714. The van der Waals surface area contributed by atoms with Crippen LogP contribution in [0.2, 0.25) is 19.6 Å². The van der Waals surface area contributed by atoms with Gasteiger partial charge in [0.05, 0.1) is 5.60 Å². The van der Waals surface area contributed by atoms with Gasteiger partial charge in [0.15, 0.2) is 8.32 Å². The molecule has 92 valence electrons. The third-order valence-corrected chi connectivity index (χ3v) is 3.51. The van der Waals surface area contributed by atoms with Crippen LogP contribution in [0.1, 0.15) is 39.0 Å². The minimum absolute atomic E-state index is 0.283. The molecule has 0 spiro atoms. The Labute approximate surface area is 102 Å². The minimum atomic E-state index is -1.58. The summed E-state index contributed by atoms with van der Waals surface area (Å²) in [5, 5.41) is 0. The van der Waals surface area contributed by atoms with Crippen LogP contribution in [0.25, 0.3) is 0 Å². The fourth-order valence-corrected chi connectivity index (χ4v) is 3.33. The quantitative estimate of drug-likeness (QED) is 0.264. The van der Waals surface area contributed by atoms with Crippen LogP contribution in [-0.2, 0) is 4.43 Å². The molecule has 0 aromatic carbocycles. The van der Waals surface area contributed by atoms with Gasteiger partial charge >= 0.3 is 0 Å². The standard InChI is InChI=1S/C14H26OSi/c1-7-10-11-13-14(9-3,12-8-2)15-16(4,5)6/h2,9H,3,7,10-13H2,1,4-6H3. The smallest absolute Gasteiger partial charge is 0.184 e. The van der Waals surface area contributed by atoms with Crippen LogP contribution < -0.4 is 0 Å². The summed E-state index contributed by atoms with van der Waals surface area (Å²) in [6.45, 7) is 12.7. The number of hydrogen-bond donors (Lipinski definition) is 0. The van der Waals surface area contributed by atoms with E-state index in [1.807, 2.05) is 6.08 Å². The lowest BCUT2D eigenvalue weighted by Crippen LogP contribution is -2.41. The Morgan fingerprint density at radius 3 is 2.38 bits per heavy atom. The van der Waals surface area contributed by atoms with Crippen molar-refractivity contribution in [3.8, 4) is 12.3 Å². The highest BCUT2D eigenvalue weighted by molar-refractivity contribution is 6.69. The van der Waals surface area contributed by atoms with Gasteiger partial charge in [-0.25, -0.2) is 0 Å². The van der Waals surface area contributed by atoms with E-state index in [9.17, 15) is 0 Å². The molecular formula is C14H26OSi. The summed E-state index contributed by atoms with van der Waals surface area (Å²) in [6, 6.07) is 0. The third kappa shape index (κ3) is 6.15. The molecular weight excluding hydrogens is 212 g/mol. The van der Waals surface area contributed by atoms with Gasteiger partial charge in [-0.2, -0.15) is 0 Å². The summed E-state index contributed by atoms with van der Waals surface area (Å²) < 4.78 is 6.24. The topological polar surface area (TPSA) is 9.23 Å². The van der Waals surface area contributed by atoms with Gasteiger partial charge in [-0.1, -0.05) is 32.3 Å². The van der Waals surface area contributed by atoms with Crippen LogP contribution in [0.5, 0.6) is 0 Å². The molecule has 0 rings (SSSR count). The molecule has 2 heteroatoms. The average Bonchev–Trinajstić information content (AvgIpc) is 2.16. The predicted octanol–water partition coefficient (Wildman–Crippen LogP) is 4.37. The van der Waals surface area contributed by atoms with Gasteiger partial charge < -0.3 is 4.43 Å². The summed E-state index contributed by atoms with van der Waals surface area (Å²) in [6.07, 6.45) is 12.6. The summed E-state index contributed by atoms with van der Waals surface area (Å²) in [5.74, 6) is 2.74. The van der Waals surface area contributed by atoms with E-state index < -0.39 is 8.32 Å². The molecule has 0 aromatic heterocycles. The van der Waals surface area contributed by atoms with Crippen molar-refractivity contribution < 1.29 is 4.43 Å². The largest absolute Gasteiger partial charge is 0.408 e. The molecule has 0 fully saturated rings.